The zero-order valence-electron chi connectivity index (χ0n) is 15.5. The molecule has 0 aliphatic heterocycles. The third-order valence-corrected chi connectivity index (χ3v) is 5.67. The molecule has 6 nitrogen and oxygen atoms in total. The Morgan fingerprint density at radius 3 is 2.56 bits per heavy atom. The minimum Gasteiger partial charge on any atom is -0.465 e. The molecule has 140 valence electrons. The molecular weight excluding hydrogens is 362 g/mol. The van der Waals surface area contributed by atoms with Crippen LogP contribution in [0.15, 0.2) is 48.5 Å². The summed E-state index contributed by atoms with van der Waals surface area (Å²) in [5.74, 6) is -0.493. The summed E-state index contributed by atoms with van der Waals surface area (Å²) in [7, 11) is 3.32. The van der Waals surface area contributed by atoms with Gasteiger partial charge in [-0.3, -0.25) is 4.79 Å². The number of benzene rings is 2. The van der Waals surface area contributed by atoms with Crippen molar-refractivity contribution in [2.24, 2.45) is 0 Å². The Hall–Kier alpha value is -2.77. The molecule has 2 atom stereocenters. The van der Waals surface area contributed by atoms with Crippen LogP contribution < -0.4 is 10.2 Å². The number of nitrogens with zero attached hydrogens (tertiary/aromatic N) is 1. The molecule has 0 radical (unpaired) electrons. The summed E-state index contributed by atoms with van der Waals surface area (Å²) in [6.07, 6.45) is 0. The fraction of sp³-hybridized carbons (Fsp3) is 0.250. The summed E-state index contributed by atoms with van der Waals surface area (Å²) in [5, 5.41) is 3.88. The van der Waals surface area contributed by atoms with Gasteiger partial charge in [0.05, 0.1) is 29.9 Å². The molecule has 0 saturated carbocycles. The van der Waals surface area contributed by atoms with Crippen LogP contribution in [0.4, 0.5) is 5.69 Å². The number of fused-ring (bicyclic) bond motifs is 1. The Morgan fingerprint density at radius 1 is 1.19 bits per heavy atom. The second kappa shape index (κ2) is 8.28. The number of methoxy groups -OCH3 is 1. The average molecular weight is 384 g/mol. The van der Waals surface area contributed by atoms with E-state index in [1.807, 2.05) is 25.2 Å². The van der Waals surface area contributed by atoms with Gasteiger partial charge in [0, 0.05) is 5.69 Å². The summed E-state index contributed by atoms with van der Waals surface area (Å²) in [4.78, 5) is 29.5. The number of nitrogens with one attached hydrogen (secondary N) is 2. The fourth-order valence-corrected chi connectivity index (χ4v) is 3.82. The molecule has 2 aromatic carbocycles. The van der Waals surface area contributed by atoms with E-state index in [0.29, 0.717) is 17.8 Å². The Labute approximate surface area is 161 Å². The Morgan fingerprint density at radius 2 is 1.89 bits per heavy atom. The van der Waals surface area contributed by atoms with Gasteiger partial charge in [-0.25, -0.2) is 9.78 Å². The zero-order chi connectivity index (χ0) is 19.4. The lowest BCUT2D eigenvalue weighted by Gasteiger charge is -2.19. The van der Waals surface area contributed by atoms with Crippen LogP contribution in [0.3, 0.4) is 0 Å². The smallest absolute Gasteiger partial charge is 0.337 e. The minimum atomic E-state index is -0.401. The van der Waals surface area contributed by atoms with Crippen molar-refractivity contribution in [2.45, 2.75) is 13.0 Å². The highest BCUT2D eigenvalue weighted by atomic mass is 32.1. The lowest BCUT2D eigenvalue weighted by Crippen LogP contribution is -3.10. The maximum Gasteiger partial charge on any atom is 0.337 e. The minimum absolute atomic E-state index is 0.0914. The van der Waals surface area contributed by atoms with E-state index in [1.165, 1.54) is 7.11 Å². The molecule has 1 unspecified atom stereocenters. The number of likely N-dealkylation sites (N-methyl/N-ethyl adjacent to an activating group) is 1. The summed E-state index contributed by atoms with van der Waals surface area (Å²) < 4.78 is 5.82. The van der Waals surface area contributed by atoms with Crippen LogP contribution in [0, 0.1) is 0 Å². The predicted molar refractivity (Wildman–Crippen MR) is 106 cm³/mol. The van der Waals surface area contributed by atoms with Crippen molar-refractivity contribution >= 4 is 39.1 Å². The highest BCUT2D eigenvalue weighted by molar-refractivity contribution is 7.18. The molecule has 0 spiro atoms. The van der Waals surface area contributed by atoms with E-state index in [2.05, 4.69) is 28.0 Å². The fourth-order valence-electron chi connectivity index (χ4n) is 2.71. The molecule has 1 heterocycles. The Balaban J connectivity index is 1.60. The number of carbonyl (C=O) groups is 2. The molecule has 0 saturated heterocycles. The van der Waals surface area contributed by atoms with Crippen LogP contribution in [-0.4, -0.2) is 37.6 Å². The number of rotatable bonds is 6. The number of hydrogen-bond donors (Lipinski definition) is 2. The van der Waals surface area contributed by atoms with E-state index in [4.69, 9.17) is 0 Å². The first-order chi connectivity index (χ1) is 13.0. The molecule has 2 N–H and O–H groups in total. The number of amides is 1. The topological polar surface area (TPSA) is 72.7 Å². The number of aromatic nitrogens is 1. The third-order valence-electron chi connectivity index (χ3n) is 4.45. The van der Waals surface area contributed by atoms with Gasteiger partial charge < -0.3 is 15.0 Å². The maximum absolute atomic E-state index is 12.4. The molecule has 0 aliphatic rings. The van der Waals surface area contributed by atoms with Gasteiger partial charge in [0.25, 0.3) is 5.91 Å². The van der Waals surface area contributed by atoms with Crippen LogP contribution in [-0.2, 0) is 9.53 Å². The summed E-state index contributed by atoms with van der Waals surface area (Å²) in [6, 6.07) is 14.8. The highest BCUT2D eigenvalue weighted by Crippen LogP contribution is 2.24. The van der Waals surface area contributed by atoms with Gasteiger partial charge in [-0.1, -0.05) is 12.1 Å². The number of esters is 1. The van der Waals surface area contributed by atoms with E-state index >= 15 is 0 Å². The normalized spacial score (nSPS) is 13.1. The van der Waals surface area contributed by atoms with E-state index in [0.717, 1.165) is 20.1 Å². The van der Waals surface area contributed by atoms with Crippen molar-refractivity contribution in [3.05, 3.63) is 59.1 Å². The first-order valence-corrected chi connectivity index (χ1v) is 9.45. The van der Waals surface area contributed by atoms with Gasteiger partial charge >= 0.3 is 5.97 Å². The highest BCUT2D eigenvalue weighted by Gasteiger charge is 2.22. The molecule has 0 bridgehead atoms. The van der Waals surface area contributed by atoms with Crippen molar-refractivity contribution < 1.29 is 19.2 Å². The van der Waals surface area contributed by atoms with Crippen LogP contribution in [0.25, 0.3) is 10.2 Å². The van der Waals surface area contributed by atoms with Crippen LogP contribution in [0.1, 0.15) is 28.3 Å². The second-order valence-corrected chi connectivity index (χ2v) is 7.44. The monoisotopic (exact) mass is 384 g/mol. The molecule has 1 amide bonds. The zero-order valence-corrected chi connectivity index (χ0v) is 16.3. The molecule has 7 heteroatoms. The summed E-state index contributed by atoms with van der Waals surface area (Å²) >= 11 is 1.66. The van der Waals surface area contributed by atoms with Crippen molar-refractivity contribution in [2.75, 3.05) is 26.0 Å². The average Bonchev–Trinajstić information content (AvgIpc) is 3.11. The van der Waals surface area contributed by atoms with Crippen molar-refractivity contribution in [3.63, 3.8) is 0 Å². The van der Waals surface area contributed by atoms with E-state index in [9.17, 15) is 9.59 Å². The van der Waals surface area contributed by atoms with Crippen LogP contribution in [0.5, 0.6) is 0 Å². The first-order valence-electron chi connectivity index (χ1n) is 8.64. The third kappa shape index (κ3) is 4.50. The Bertz CT molecular complexity index is 920. The number of quaternary nitrogens is 1. The van der Waals surface area contributed by atoms with Crippen molar-refractivity contribution in [1.82, 2.24) is 4.98 Å². The predicted octanol–water partition coefficient (Wildman–Crippen LogP) is 2.30. The van der Waals surface area contributed by atoms with Crippen molar-refractivity contribution in [1.29, 1.82) is 0 Å². The number of hydrogen-bond acceptors (Lipinski definition) is 5. The SMILES string of the molecule is COC(=O)c1ccc(NC(=O)C[NH+](C)[C@H](C)c2nc3ccccc3s2)cc1. The molecular formula is C20H22N3O3S+. The Kier molecular flexibility index (Phi) is 5.83. The van der Waals surface area contributed by atoms with Gasteiger partial charge in [-0.15, -0.1) is 11.3 Å². The van der Waals surface area contributed by atoms with E-state index < -0.39 is 5.97 Å². The standard InChI is InChI=1S/C20H21N3O3S/c1-13(19-22-16-6-4-5-7-17(16)27-19)23(2)12-18(24)21-15-10-8-14(9-11-15)20(25)26-3/h4-11,13H,12H2,1-3H3,(H,21,24)/p+1/t13-/m1/s1. The maximum atomic E-state index is 12.4. The van der Waals surface area contributed by atoms with Gasteiger partial charge in [0.15, 0.2) is 11.6 Å². The molecule has 3 aromatic rings. The van der Waals surface area contributed by atoms with Gasteiger partial charge in [0.2, 0.25) is 0 Å². The largest absolute Gasteiger partial charge is 0.465 e. The molecule has 27 heavy (non-hydrogen) atoms. The number of anilines is 1. The summed E-state index contributed by atoms with van der Waals surface area (Å²) in [5.41, 5.74) is 2.09. The number of carbonyl (C=O) groups excluding carboxylic acids is 2. The lowest BCUT2D eigenvalue weighted by molar-refractivity contribution is -0.902. The van der Waals surface area contributed by atoms with Gasteiger partial charge in [-0.05, 0) is 43.3 Å². The van der Waals surface area contributed by atoms with Crippen LogP contribution in [0.2, 0.25) is 0 Å². The van der Waals surface area contributed by atoms with Crippen LogP contribution >= 0.6 is 11.3 Å². The second-order valence-electron chi connectivity index (χ2n) is 6.38. The first kappa shape index (κ1) is 19.0. The van der Waals surface area contributed by atoms with Gasteiger partial charge in [-0.2, -0.15) is 0 Å². The molecule has 1 aromatic heterocycles. The van der Waals surface area contributed by atoms with E-state index in [1.54, 1.807) is 35.6 Å². The number of para-hydroxylation sites is 1. The molecule has 0 aliphatic carbocycles. The summed E-state index contributed by atoms with van der Waals surface area (Å²) in [6.45, 7) is 2.39. The lowest BCUT2D eigenvalue weighted by atomic mass is 10.2. The quantitative estimate of drug-likeness (QED) is 0.640. The van der Waals surface area contributed by atoms with Crippen molar-refractivity contribution in [3.8, 4) is 0 Å². The number of ether oxygens (including phenoxy) is 1. The molecule has 3 rings (SSSR count). The van der Waals surface area contributed by atoms with Gasteiger partial charge in [0.1, 0.15) is 6.04 Å². The molecule has 0 fully saturated rings. The van der Waals surface area contributed by atoms with E-state index in [-0.39, 0.29) is 11.9 Å². The number of thiazole rings is 1.